The first-order chi connectivity index (χ1) is 16.7. The first kappa shape index (κ1) is 22.4. The lowest BCUT2D eigenvalue weighted by Crippen LogP contribution is -2.40. The predicted molar refractivity (Wildman–Crippen MR) is 131 cm³/mol. The van der Waals surface area contributed by atoms with E-state index >= 15 is 0 Å². The molecule has 1 aliphatic heterocycles. The first-order valence-electron chi connectivity index (χ1n) is 11.8. The van der Waals surface area contributed by atoms with Gasteiger partial charge in [-0.05, 0) is 49.1 Å². The summed E-state index contributed by atoms with van der Waals surface area (Å²) in [6.07, 6.45) is 4.86. The Balaban J connectivity index is 1.21. The summed E-state index contributed by atoms with van der Waals surface area (Å²) < 4.78 is 13.0. The number of methoxy groups -OCH3 is 1. The maximum absolute atomic E-state index is 9.27. The molecule has 8 heteroatoms. The summed E-state index contributed by atoms with van der Waals surface area (Å²) in [5, 5.41) is 13.0. The number of ether oxygens (including phenoxy) is 1. The van der Waals surface area contributed by atoms with Crippen molar-refractivity contribution in [3.8, 4) is 5.75 Å². The highest BCUT2D eigenvalue weighted by atomic mass is 16.5. The summed E-state index contributed by atoms with van der Waals surface area (Å²) in [5.74, 6) is 2.78. The molecule has 0 atom stereocenters. The van der Waals surface area contributed by atoms with Gasteiger partial charge in [-0.1, -0.05) is 24.3 Å². The van der Waals surface area contributed by atoms with Gasteiger partial charge in [0.25, 0.3) is 0 Å². The van der Waals surface area contributed by atoms with Gasteiger partial charge in [-0.2, -0.15) is 0 Å². The first-order valence-corrected chi connectivity index (χ1v) is 11.8. The third kappa shape index (κ3) is 5.08. The van der Waals surface area contributed by atoms with Gasteiger partial charge in [-0.15, -0.1) is 0 Å². The van der Waals surface area contributed by atoms with Gasteiger partial charge in [-0.3, -0.25) is 0 Å². The number of fused-ring (bicyclic) bond motifs is 1. The normalized spacial score (nSPS) is 15.1. The Morgan fingerprint density at radius 3 is 2.65 bits per heavy atom. The van der Waals surface area contributed by atoms with Crippen molar-refractivity contribution in [1.82, 2.24) is 19.4 Å². The smallest absolute Gasteiger partial charge is 0.220 e. The number of aromatic nitrogens is 3. The number of benzene rings is 2. The molecular weight excluding hydrogens is 430 g/mol. The van der Waals surface area contributed by atoms with E-state index in [0.29, 0.717) is 24.2 Å². The van der Waals surface area contributed by atoms with Crippen LogP contribution in [0.3, 0.4) is 0 Å². The molecule has 0 spiro atoms. The molecule has 0 amide bonds. The quantitative estimate of drug-likeness (QED) is 0.393. The number of aliphatic hydroxyl groups excluding tert-OH is 1. The third-order valence-corrected chi connectivity index (χ3v) is 6.50. The molecular formula is C26H31N5O3. The van der Waals surface area contributed by atoms with E-state index in [0.717, 1.165) is 61.6 Å². The number of imidazole rings is 1. The van der Waals surface area contributed by atoms with E-state index in [-0.39, 0.29) is 6.61 Å². The number of nitrogens with one attached hydrogen (secondary N) is 1. The van der Waals surface area contributed by atoms with Crippen molar-refractivity contribution in [2.75, 3.05) is 32.1 Å². The summed E-state index contributed by atoms with van der Waals surface area (Å²) in [5.41, 5.74) is 3.33. The van der Waals surface area contributed by atoms with Crippen LogP contribution in [0.2, 0.25) is 0 Å². The van der Waals surface area contributed by atoms with Crippen LogP contribution in [0.1, 0.15) is 30.1 Å². The fourth-order valence-electron chi connectivity index (χ4n) is 4.56. The van der Waals surface area contributed by atoms with Crippen LogP contribution >= 0.6 is 0 Å². The van der Waals surface area contributed by atoms with E-state index < -0.39 is 0 Å². The zero-order valence-electron chi connectivity index (χ0n) is 19.5. The Kier molecular flexibility index (Phi) is 6.78. The lowest BCUT2D eigenvalue weighted by atomic mass is 10.0. The van der Waals surface area contributed by atoms with Crippen molar-refractivity contribution >= 4 is 17.0 Å². The van der Waals surface area contributed by atoms with Crippen LogP contribution < -0.4 is 10.1 Å². The number of hydrogen-bond donors (Lipinski definition) is 2. The molecule has 0 unspecified atom stereocenters. The molecule has 178 valence electrons. The van der Waals surface area contributed by atoms with Gasteiger partial charge in [0.15, 0.2) is 0 Å². The SMILES string of the molecule is COc1ccc(CCN2CCC(Nc3nc4ccccc4n3Cc3cnc(CO)o3)CC2)cc1. The zero-order chi connectivity index (χ0) is 23.3. The standard InChI is InChI=1S/C26H31N5O3/c1-33-21-8-6-19(7-9-21)10-13-30-14-11-20(12-15-30)28-26-29-23-4-2-3-5-24(23)31(26)17-22-16-27-25(18-32)34-22/h2-9,16,20,32H,10-15,17-18H2,1H3,(H,28,29). The lowest BCUT2D eigenvalue weighted by Gasteiger charge is -2.32. The highest BCUT2D eigenvalue weighted by Gasteiger charge is 2.22. The fraction of sp³-hybridized carbons (Fsp3) is 0.385. The van der Waals surface area contributed by atoms with Gasteiger partial charge in [0.2, 0.25) is 11.8 Å². The molecule has 1 saturated heterocycles. The zero-order valence-corrected chi connectivity index (χ0v) is 19.5. The van der Waals surface area contributed by atoms with Gasteiger partial charge in [0.05, 0.1) is 30.9 Å². The molecule has 0 saturated carbocycles. The monoisotopic (exact) mass is 461 g/mol. The Bertz CT molecular complexity index is 1210. The second-order valence-corrected chi connectivity index (χ2v) is 8.75. The topological polar surface area (TPSA) is 88.6 Å². The highest BCUT2D eigenvalue weighted by Crippen LogP contribution is 2.24. The molecule has 5 rings (SSSR count). The molecule has 1 aliphatic rings. The molecule has 8 nitrogen and oxygen atoms in total. The Labute approximate surface area is 199 Å². The number of hydrogen-bond acceptors (Lipinski definition) is 7. The Hall–Kier alpha value is -3.36. The number of oxazole rings is 1. The van der Waals surface area contributed by atoms with E-state index in [1.165, 1.54) is 5.56 Å². The molecule has 2 N–H and O–H groups in total. The van der Waals surface area contributed by atoms with Gasteiger partial charge >= 0.3 is 0 Å². The number of likely N-dealkylation sites (tertiary alicyclic amines) is 1. The molecule has 0 bridgehead atoms. The van der Waals surface area contributed by atoms with E-state index in [1.807, 2.05) is 30.3 Å². The predicted octanol–water partition coefficient (Wildman–Crippen LogP) is 3.69. The van der Waals surface area contributed by atoms with Crippen molar-refractivity contribution in [1.29, 1.82) is 0 Å². The summed E-state index contributed by atoms with van der Waals surface area (Å²) >= 11 is 0. The van der Waals surface area contributed by atoms with Crippen molar-refractivity contribution in [2.45, 2.75) is 38.5 Å². The number of rotatable bonds is 9. The van der Waals surface area contributed by atoms with Crippen molar-refractivity contribution in [3.05, 3.63) is 71.9 Å². The summed E-state index contributed by atoms with van der Waals surface area (Å²) in [7, 11) is 1.70. The number of nitrogens with zero attached hydrogens (tertiary/aromatic N) is 4. The van der Waals surface area contributed by atoms with E-state index in [2.05, 4.69) is 38.0 Å². The van der Waals surface area contributed by atoms with Gasteiger partial charge < -0.3 is 29.0 Å². The number of anilines is 1. The van der Waals surface area contributed by atoms with Crippen molar-refractivity contribution < 1.29 is 14.3 Å². The van der Waals surface area contributed by atoms with Crippen LogP contribution in [0.4, 0.5) is 5.95 Å². The van der Waals surface area contributed by atoms with Crippen LogP contribution in [0.5, 0.6) is 5.75 Å². The maximum atomic E-state index is 9.27. The molecule has 0 radical (unpaired) electrons. The average Bonchev–Trinajstić information content (AvgIpc) is 3.48. The second kappa shape index (κ2) is 10.3. The van der Waals surface area contributed by atoms with Crippen molar-refractivity contribution in [2.24, 2.45) is 0 Å². The van der Waals surface area contributed by atoms with Gasteiger partial charge in [-0.25, -0.2) is 9.97 Å². The van der Waals surface area contributed by atoms with Crippen LogP contribution in [-0.2, 0) is 19.6 Å². The molecule has 2 aromatic heterocycles. The van der Waals surface area contributed by atoms with Crippen LogP contribution in [0.15, 0.2) is 59.1 Å². The molecule has 1 fully saturated rings. The minimum atomic E-state index is -0.202. The molecule has 3 heterocycles. The molecule has 4 aromatic rings. The fourth-order valence-corrected chi connectivity index (χ4v) is 4.56. The van der Waals surface area contributed by atoms with E-state index in [4.69, 9.17) is 14.1 Å². The minimum absolute atomic E-state index is 0.202. The Morgan fingerprint density at radius 1 is 1.12 bits per heavy atom. The highest BCUT2D eigenvalue weighted by molar-refractivity contribution is 5.78. The molecule has 2 aromatic carbocycles. The number of piperidine rings is 1. The van der Waals surface area contributed by atoms with Gasteiger partial charge in [0.1, 0.15) is 18.1 Å². The van der Waals surface area contributed by atoms with Crippen LogP contribution in [0, 0.1) is 0 Å². The summed E-state index contributed by atoms with van der Waals surface area (Å²) in [6, 6.07) is 16.8. The van der Waals surface area contributed by atoms with Crippen molar-refractivity contribution in [3.63, 3.8) is 0 Å². The summed E-state index contributed by atoms with van der Waals surface area (Å²) in [4.78, 5) is 11.5. The maximum Gasteiger partial charge on any atom is 0.220 e. The van der Waals surface area contributed by atoms with Crippen LogP contribution in [-0.4, -0.2) is 57.3 Å². The molecule has 34 heavy (non-hydrogen) atoms. The largest absolute Gasteiger partial charge is 0.497 e. The lowest BCUT2D eigenvalue weighted by molar-refractivity contribution is 0.221. The minimum Gasteiger partial charge on any atom is -0.497 e. The second-order valence-electron chi connectivity index (χ2n) is 8.75. The van der Waals surface area contributed by atoms with Gasteiger partial charge in [0, 0.05) is 25.7 Å². The summed E-state index contributed by atoms with van der Waals surface area (Å²) in [6.45, 7) is 3.51. The molecule has 0 aliphatic carbocycles. The number of para-hydroxylation sites is 2. The van der Waals surface area contributed by atoms with E-state index in [9.17, 15) is 5.11 Å². The number of aliphatic hydroxyl groups is 1. The Morgan fingerprint density at radius 2 is 1.91 bits per heavy atom. The van der Waals surface area contributed by atoms with Crippen LogP contribution in [0.25, 0.3) is 11.0 Å². The third-order valence-electron chi connectivity index (χ3n) is 6.50. The average molecular weight is 462 g/mol. The van der Waals surface area contributed by atoms with E-state index in [1.54, 1.807) is 13.3 Å².